The molecule has 11 nitrogen and oxygen atoms in total. The monoisotopic (exact) mass is 520 g/mol. The highest BCUT2D eigenvalue weighted by Crippen LogP contribution is 2.42. The van der Waals surface area contributed by atoms with E-state index in [2.05, 4.69) is 0 Å². The molecule has 0 saturated carbocycles. The van der Waals surface area contributed by atoms with Gasteiger partial charge in [0.15, 0.2) is 12.6 Å². The summed E-state index contributed by atoms with van der Waals surface area (Å²) in [6.07, 6.45) is 2.36. The number of hydrogen-bond donors (Lipinski definition) is 2. The minimum absolute atomic E-state index is 0.108. The summed E-state index contributed by atoms with van der Waals surface area (Å²) >= 11 is 0. The predicted octanol–water partition coefficient (Wildman–Crippen LogP) is 2.17. The summed E-state index contributed by atoms with van der Waals surface area (Å²) in [6.45, 7) is 3.39. The fourth-order valence-corrected chi connectivity index (χ4v) is 5.63. The van der Waals surface area contributed by atoms with Gasteiger partial charge >= 0.3 is 0 Å². The standard InChI is InChI=1S/C26H36N2O9/c1-16(15-37-21-7-3-5-13-36-21)24-23(25(30)27(24)20-6-2-4-12-35-20)22(26(31)32)19(29)14-17-8-10-18(11-9-17)28(33)34/h8-11,16,20-24,26,31-32H,2-7,12-15H2,1H3. The van der Waals surface area contributed by atoms with Crippen molar-refractivity contribution in [3.05, 3.63) is 39.9 Å². The summed E-state index contributed by atoms with van der Waals surface area (Å²) < 4.78 is 17.5. The van der Waals surface area contributed by atoms with Crippen LogP contribution in [0, 0.1) is 27.9 Å². The van der Waals surface area contributed by atoms with Crippen LogP contribution in [0.1, 0.15) is 51.0 Å². The van der Waals surface area contributed by atoms with E-state index in [1.165, 1.54) is 24.3 Å². The number of hydrogen-bond acceptors (Lipinski definition) is 9. The number of aliphatic hydroxyl groups is 2. The molecule has 11 heteroatoms. The first-order valence-electron chi connectivity index (χ1n) is 13.1. The van der Waals surface area contributed by atoms with Crippen molar-refractivity contribution in [1.29, 1.82) is 0 Å². The summed E-state index contributed by atoms with van der Waals surface area (Å²) in [5.74, 6) is -3.36. The molecule has 37 heavy (non-hydrogen) atoms. The van der Waals surface area contributed by atoms with E-state index < -0.39 is 41.1 Å². The van der Waals surface area contributed by atoms with Crippen molar-refractivity contribution in [2.45, 2.75) is 76.7 Å². The Hall–Kier alpha value is -2.44. The predicted molar refractivity (Wildman–Crippen MR) is 130 cm³/mol. The van der Waals surface area contributed by atoms with Crippen molar-refractivity contribution in [2.24, 2.45) is 17.8 Å². The Morgan fingerprint density at radius 1 is 1.14 bits per heavy atom. The third kappa shape index (κ3) is 6.35. The molecule has 3 heterocycles. The average Bonchev–Trinajstić information content (AvgIpc) is 2.89. The number of benzene rings is 1. The largest absolute Gasteiger partial charge is 0.367 e. The first kappa shape index (κ1) is 27.6. The Morgan fingerprint density at radius 3 is 2.38 bits per heavy atom. The first-order chi connectivity index (χ1) is 17.8. The van der Waals surface area contributed by atoms with Crippen molar-refractivity contribution in [3.8, 4) is 0 Å². The molecule has 3 saturated heterocycles. The third-order valence-corrected chi connectivity index (χ3v) is 7.57. The summed E-state index contributed by atoms with van der Waals surface area (Å²) in [6, 6.07) is 5.02. The van der Waals surface area contributed by atoms with Gasteiger partial charge in [-0.15, -0.1) is 0 Å². The Balaban J connectivity index is 1.51. The van der Waals surface area contributed by atoms with Gasteiger partial charge < -0.3 is 29.3 Å². The van der Waals surface area contributed by atoms with Gasteiger partial charge in [-0.05, 0) is 44.1 Å². The van der Waals surface area contributed by atoms with E-state index in [4.69, 9.17) is 14.2 Å². The Labute approximate surface area is 215 Å². The van der Waals surface area contributed by atoms with E-state index in [0.717, 1.165) is 32.1 Å². The zero-order valence-corrected chi connectivity index (χ0v) is 21.1. The van der Waals surface area contributed by atoms with Gasteiger partial charge in [0.05, 0.1) is 29.4 Å². The van der Waals surface area contributed by atoms with Crippen molar-refractivity contribution in [1.82, 2.24) is 4.90 Å². The number of β-lactam (4-membered cyclic amide) rings is 1. The third-order valence-electron chi connectivity index (χ3n) is 7.57. The van der Waals surface area contributed by atoms with Crippen LogP contribution in [0.3, 0.4) is 0 Å². The smallest absolute Gasteiger partial charge is 0.269 e. The Morgan fingerprint density at radius 2 is 1.81 bits per heavy atom. The van der Waals surface area contributed by atoms with Gasteiger partial charge in [0.2, 0.25) is 5.91 Å². The molecule has 0 radical (unpaired) electrons. The van der Waals surface area contributed by atoms with Gasteiger partial charge in [-0.2, -0.15) is 0 Å². The molecule has 3 aliphatic heterocycles. The molecule has 4 rings (SSSR count). The quantitative estimate of drug-likeness (QED) is 0.194. The number of ketones is 1. The molecule has 0 bridgehead atoms. The molecule has 2 N–H and O–H groups in total. The molecule has 0 aliphatic carbocycles. The Kier molecular flexibility index (Phi) is 9.25. The van der Waals surface area contributed by atoms with E-state index in [1.54, 1.807) is 4.90 Å². The van der Waals surface area contributed by atoms with Crippen molar-refractivity contribution in [2.75, 3.05) is 19.8 Å². The molecule has 1 aromatic carbocycles. The number of amides is 1. The molecular formula is C26H36N2O9. The number of Topliss-reactive ketones (excluding diaryl/α,β-unsaturated/α-hetero) is 1. The molecule has 3 fully saturated rings. The second-order valence-electron chi connectivity index (χ2n) is 10.2. The number of nitrogens with zero attached hydrogens (tertiary/aromatic N) is 2. The van der Waals surface area contributed by atoms with Crippen molar-refractivity contribution < 1.29 is 38.9 Å². The summed E-state index contributed by atoms with van der Waals surface area (Å²) in [5.41, 5.74) is 0.381. The van der Waals surface area contributed by atoms with E-state index in [1.807, 2.05) is 6.92 Å². The van der Waals surface area contributed by atoms with Gasteiger partial charge in [-0.25, -0.2) is 0 Å². The second-order valence-corrected chi connectivity index (χ2v) is 10.2. The van der Waals surface area contributed by atoms with Crippen LogP contribution in [0.15, 0.2) is 24.3 Å². The van der Waals surface area contributed by atoms with Crippen LogP contribution >= 0.6 is 0 Å². The van der Waals surface area contributed by atoms with Gasteiger partial charge in [0.1, 0.15) is 12.0 Å². The highest BCUT2D eigenvalue weighted by molar-refractivity contribution is 5.94. The number of rotatable bonds is 11. The zero-order chi connectivity index (χ0) is 26.5. The highest BCUT2D eigenvalue weighted by atomic mass is 16.7. The maximum Gasteiger partial charge on any atom is 0.269 e. The van der Waals surface area contributed by atoms with Crippen LogP contribution in [0.4, 0.5) is 5.69 Å². The number of likely N-dealkylation sites (tertiary alicyclic amines) is 1. The van der Waals surface area contributed by atoms with Gasteiger partial charge in [-0.3, -0.25) is 19.7 Å². The normalized spacial score (nSPS) is 28.0. The van der Waals surface area contributed by atoms with E-state index in [0.29, 0.717) is 25.2 Å². The molecule has 6 unspecified atom stereocenters. The Bertz CT molecular complexity index is 942. The maximum absolute atomic E-state index is 13.4. The van der Waals surface area contributed by atoms with E-state index in [9.17, 15) is 29.9 Å². The molecule has 3 aliphatic rings. The highest BCUT2D eigenvalue weighted by Gasteiger charge is 2.58. The van der Waals surface area contributed by atoms with Gasteiger partial charge in [-0.1, -0.05) is 19.1 Å². The van der Waals surface area contributed by atoms with Crippen LogP contribution < -0.4 is 0 Å². The fraction of sp³-hybridized carbons (Fsp3) is 0.692. The second kappa shape index (κ2) is 12.4. The average molecular weight is 521 g/mol. The topological polar surface area (TPSA) is 149 Å². The number of nitro benzene ring substituents is 1. The van der Waals surface area contributed by atoms with Crippen LogP contribution in [0.25, 0.3) is 0 Å². The van der Waals surface area contributed by atoms with Crippen molar-refractivity contribution >= 4 is 17.4 Å². The lowest BCUT2D eigenvalue weighted by Crippen LogP contribution is -2.71. The number of carbonyl (C=O) groups is 2. The fourth-order valence-electron chi connectivity index (χ4n) is 5.63. The lowest BCUT2D eigenvalue weighted by molar-refractivity contribution is -0.384. The van der Waals surface area contributed by atoms with Crippen LogP contribution in [-0.4, -0.2) is 76.4 Å². The maximum atomic E-state index is 13.4. The first-order valence-corrected chi connectivity index (χ1v) is 13.1. The number of carbonyl (C=O) groups excluding carboxylic acids is 2. The molecule has 6 atom stereocenters. The number of non-ortho nitro benzene ring substituents is 1. The molecule has 0 aromatic heterocycles. The number of aliphatic hydroxyl groups excluding tert-OH is 1. The van der Waals surface area contributed by atoms with E-state index in [-0.39, 0.29) is 36.8 Å². The zero-order valence-electron chi connectivity index (χ0n) is 21.1. The lowest BCUT2D eigenvalue weighted by atomic mass is 9.69. The number of ether oxygens (including phenoxy) is 3. The minimum atomic E-state index is -2.04. The van der Waals surface area contributed by atoms with Gasteiger partial charge in [0, 0.05) is 37.7 Å². The SMILES string of the molecule is CC(COC1CCCCO1)C1C(C(C(=O)Cc2ccc([N+](=O)[O-])cc2)C(O)O)C(=O)N1C1CCCCO1. The number of nitro groups is 1. The van der Waals surface area contributed by atoms with Crippen molar-refractivity contribution in [3.63, 3.8) is 0 Å². The van der Waals surface area contributed by atoms with E-state index >= 15 is 0 Å². The summed E-state index contributed by atoms with van der Waals surface area (Å²) in [4.78, 5) is 38.8. The van der Waals surface area contributed by atoms with Crippen LogP contribution in [0.2, 0.25) is 0 Å². The summed E-state index contributed by atoms with van der Waals surface area (Å²) in [7, 11) is 0. The summed E-state index contributed by atoms with van der Waals surface area (Å²) in [5, 5.41) is 31.4. The van der Waals surface area contributed by atoms with Crippen LogP contribution in [0.5, 0.6) is 0 Å². The molecule has 204 valence electrons. The van der Waals surface area contributed by atoms with Crippen LogP contribution in [-0.2, 0) is 30.2 Å². The molecule has 0 spiro atoms. The molecule has 1 amide bonds. The molecule has 1 aromatic rings. The molecular weight excluding hydrogens is 484 g/mol. The lowest BCUT2D eigenvalue weighted by Gasteiger charge is -2.55. The minimum Gasteiger partial charge on any atom is -0.367 e. The van der Waals surface area contributed by atoms with Gasteiger partial charge in [0.25, 0.3) is 5.69 Å².